The third-order valence-corrected chi connectivity index (χ3v) is 2.38. The van der Waals surface area contributed by atoms with Crippen molar-refractivity contribution >= 4 is 0 Å². The highest BCUT2D eigenvalue weighted by Crippen LogP contribution is 2.48. The van der Waals surface area contributed by atoms with Crippen LogP contribution >= 0.6 is 0 Å². The second kappa shape index (κ2) is 2.54. The minimum Gasteiger partial charge on any atom is -0.258 e. The van der Waals surface area contributed by atoms with E-state index in [1.54, 1.807) is 6.20 Å². The number of alkyl halides is 1. The lowest BCUT2D eigenvalue weighted by Gasteiger charge is -2.04. The molecule has 0 radical (unpaired) electrons. The van der Waals surface area contributed by atoms with Crippen molar-refractivity contribution in [2.24, 2.45) is 0 Å². The van der Waals surface area contributed by atoms with Crippen molar-refractivity contribution in [3.63, 3.8) is 0 Å². The standard InChI is InChI=1S/C10H12FN/c1-2-8-3-6-12-9(7-8)10(11)4-5-10/h3,6-7H,2,4-5H2,1H3. The fourth-order valence-electron chi connectivity index (χ4n) is 1.31. The first-order valence-electron chi connectivity index (χ1n) is 4.39. The summed E-state index contributed by atoms with van der Waals surface area (Å²) in [4.78, 5) is 4.05. The van der Waals surface area contributed by atoms with Crippen LogP contribution < -0.4 is 0 Å². The highest BCUT2D eigenvalue weighted by atomic mass is 19.1. The van der Waals surface area contributed by atoms with Crippen molar-refractivity contribution in [1.82, 2.24) is 4.98 Å². The molecule has 1 nitrogen and oxygen atoms in total. The summed E-state index contributed by atoms with van der Waals surface area (Å²) in [7, 11) is 0. The average Bonchev–Trinajstić information content (AvgIpc) is 2.85. The van der Waals surface area contributed by atoms with E-state index in [-0.39, 0.29) is 0 Å². The summed E-state index contributed by atoms with van der Waals surface area (Å²) in [6, 6.07) is 3.82. The summed E-state index contributed by atoms with van der Waals surface area (Å²) < 4.78 is 13.5. The molecule has 0 N–H and O–H groups in total. The molecule has 0 unspecified atom stereocenters. The number of nitrogens with zero attached hydrogens (tertiary/aromatic N) is 1. The van der Waals surface area contributed by atoms with Crippen LogP contribution in [0.3, 0.4) is 0 Å². The van der Waals surface area contributed by atoms with Gasteiger partial charge >= 0.3 is 0 Å². The number of halogens is 1. The lowest BCUT2D eigenvalue weighted by atomic mass is 10.1. The molecule has 1 aliphatic carbocycles. The first-order valence-corrected chi connectivity index (χ1v) is 4.39. The summed E-state index contributed by atoms with van der Waals surface area (Å²) in [6.45, 7) is 2.07. The van der Waals surface area contributed by atoms with E-state index in [1.807, 2.05) is 12.1 Å². The fourth-order valence-corrected chi connectivity index (χ4v) is 1.31. The summed E-state index contributed by atoms with van der Waals surface area (Å²) in [5.74, 6) is 0. The zero-order chi connectivity index (χ0) is 8.60. The molecule has 0 atom stereocenters. The van der Waals surface area contributed by atoms with E-state index >= 15 is 0 Å². The van der Waals surface area contributed by atoms with E-state index in [0.717, 1.165) is 6.42 Å². The first kappa shape index (κ1) is 7.71. The van der Waals surface area contributed by atoms with Crippen LogP contribution in [0.15, 0.2) is 18.3 Å². The van der Waals surface area contributed by atoms with E-state index in [1.165, 1.54) is 5.56 Å². The van der Waals surface area contributed by atoms with Crippen LogP contribution in [-0.2, 0) is 12.1 Å². The summed E-state index contributed by atoms with van der Waals surface area (Å²) in [5, 5.41) is 0. The normalized spacial score (nSPS) is 19.2. The molecular weight excluding hydrogens is 153 g/mol. The van der Waals surface area contributed by atoms with Gasteiger partial charge in [-0.15, -0.1) is 0 Å². The first-order chi connectivity index (χ1) is 5.74. The van der Waals surface area contributed by atoms with Crippen LogP contribution in [0, 0.1) is 0 Å². The Hall–Kier alpha value is -0.920. The van der Waals surface area contributed by atoms with Gasteiger partial charge in [-0.3, -0.25) is 4.98 Å². The van der Waals surface area contributed by atoms with Crippen molar-refractivity contribution in [1.29, 1.82) is 0 Å². The van der Waals surface area contributed by atoms with E-state index in [4.69, 9.17) is 0 Å². The van der Waals surface area contributed by atoms with E-state index in [9.17, 15) is 4.39 Å². The number of aromatic nitrogens is 1. The van der Waals surface area contributed by atoms with Crippen molar-refractivity contribution in [2.75, 3.05) is 0 Å². The third-order valence-electron chi connectivity index (χ3n) is 2.38. The molecule has 0 bridgehead atoms. The monoisotopic (exact) mass is 165 g/mol. The van der Waals surface area contributed by atoms with Gasteiger partial charge in [-0.1, -0.05) is 6.92 Å². The number of aryl methyl sites for hydroxylation is 1. The molecule has 0 amide bonds. The molecule has 1 saturated carbocycles. The summed E-state index contributed by atoms with van der Waals surface area (Å²) >= 11 is 0. The van der Waals surface area contributed by atoms with E-state index in [2.05, 4.69) is 11.9 Å². The van der Waals surface area contributed by atoms with Gasteiger partial charge in [-0.05, 0) is 37.0 Å². The van der Waals surface area contributed by atoms with Crippen LogP contribution in [-0.4, -0.2) is 4.98 Å². The maximum Gasteiger partial charge on any atom is 0.153 e. The Kier molecular flexibility index (Phi) is 1.63. The maximum atomic E-state index is 13.5. The molecule has 0 spiro atoms. The van der Waals surface area contributed by atoms with Gasteiger partial charge in [0.15, 0.2) is 5.67 Å². The van der Waals surface area contributed by atoms with Crippen LogP contribution in [0.2, 0.25) is 0 Å². The average molecular weight is 165 g/mol. The molecule has 2 rings (SSSR count). The van der Waals surface area contributed by atoms with Gasteiger partial charge in [0.25, 0.3) is 0 Å². The quantitative estimate of drug-likeness (QED) is 0.656. The Morgan fingerprint density at radius 3 is 2.92 bits per heavy atom. The second-order valence-corrected chi connectivity index (χ2v) is 3.37. The number of hydrogen-bond donors (Lipinski definition) is 0. The lowest BCUT2D eigenvalue weighted by Crippen LogP contribution is -2.01. The fraction of sp³-hybridized carbons (Fsp3) is 0.500. The molecule has 0 aromatic carbocycles. The van der Waals surface area contributed by atoms with Crippen LogP contribution in [0.25, 0.3) is 0 Å². The molecule has 1 fully saturated rings. The van der Waals surface area contributed by atoms with Crippen molar-refractivity contribution in [3.8, 4) is 0 Å². The maximum absolute atomic E-state index is 13.5. The minimum absolute atomic E-state index is 0.627. The van der Waals surface area contributed by atoms with Crippen LogP contribution in [0.5, 0.6) is 0 Å². The Bertz CT molecular complexity index is 292. The number of hydrogen-bond acceptors (Lipinski definition) is 1. The molecular formula is C10H12FN. The van der Waals surface area contributed by atoms with Crippen molar-refractivity contribution in [3.05, 3.63) is 29.6 Å². The molecule has 0 aliphatic heterocycles. The second-order valence-electron chi connectivity index (χ2n) is 3.37. The smallest absolute Gasteiger partial charge is 0.153 e. The van der Waals surface area contributed by atoms with Gasteiger partial charge in [0, 0.05) is 6.20 Å². The SMILES string of the molecule is CCc1ccnc(C2(F)CC2)c1. The van der Waals surface area contributed by atoms with Gasteiger partial charge in [-0.2, -0.15) is 0 Å². The Morgan fingerprint density at radius 1 is 1.58 bits per heavy atom. The van der Waals surface area contributed by atoms with Crippen LogP contribution in [0.1, 0.15) is 31.0 Å². The molecule has 64 valence electrons. The Balaban J connectivity index is 2.32. The highest BCUT2D eigenvalue weighted by Gasteiger charge is 2.46. The molecule has 0 saturated heterocycles. The summed E-state index contributed by atoms with van der Waals surface area (Å²) in [5.41, 5.74) is 0.719. The molecule has 1 aromatic rings. The molecule has 1 aliphatic rings. The predicted octanol–water partition coefficient (Wildman–Crippen LogP) is 2.60. The third kappa shape index (κ3) is 1.22. The molecule has 2 heteroatoms. The minimum atomic E-state index is -1.08. The highest BCUT2D eigenvalue weighted by molar-refractivity contribution is 5.25. The topological polar surface area (TPSA) is 12.9 Å². The van der Waals surface area contributed by atoms with Gasteiger partial charge in [0.05, 0.1) is 5.69 Å². The van der Waals surface area contributed by atoms with Gasteiger partial charge in [0.1, 0.15) is 0 Å². The molecule has 1 aromatic heterocycles. The van der Waals surface area contributed by atoms with Crippen molar-refractivity contribution in [2.45, 2.75) is 31.9 Å². The number of rotatable bonds is 2. The zero-order valence-electron chi connectivity index (χ0n) is 7.18. The Labute approximate surface area is 71.6 Å². The number of pyridine rings is 1. The van der Waals surface area contributed by atoms with Gasteiger partial charge in [0.2, 0.25) is 0 Å². The van der Waals surface area contributed by atoms with Gasteiger partial charge < -0.3 is 0 Å². The largest absolute Gasteiger partial charge is 0.258 e. The predicted molar refractivity (Wildman–Crippen MR) is 45.6 cm³/mol. The Morgan fingerprint density at radius 2 is 2.33 bits per heavy atom. The molecule has 1 heterocycles. The van der Waals surface area contributed by atoms with E-state index in [0.29, 0.717) is 18.5 Å². The zero-order valence-corrected chi connectivity index (χ0v) is 7.18. The van der Waals surface area contributed by atoms with Crippen molar-refractivity contribution < 1.29 is 4.39 Å². The van der Waals surface area contributed by atoms with Crippen LogP contribution in [0.4, 0.5) is 4.39 Å². The van der Waals surface area contributed by atoms with Gasteiger partial charge in [-0.25, -0.2) is 4.39 Å². The lowest BCUT2D eigenvalue weighted by molar-refractivity contribution is 0.309. The molecule has 12 heavy (non-hydrogen) atoms. The van der Waals surface area contributed by atoms with E-state index < -0.39 is 5.67 Å². The summed E-state index contributed by atoms with van der Waals surface area (Å²) in [6.07, 6.45) is 3.94.